The van der Waals surface area contributed by atoms with Crippen molar-refractivity contribution in [3.8, 4) is 5.75 Å². The lowest BCUT2D eigenvalue weighted by atomic mass is 10.1. The highest BCUT2D eigenvalue weighted by Crippen LogP contribution is 2.25. The molecule has 5 heteroatoms. The minimum atomic E-state index is -0.833. The predicted molar refractivity (Wildman–Crippen MR) is 63.5 cm³/mol. The molecule has 0 aliphatic rings. The van der Waals surface area contributed by atoms with Crippen LogP contribution in [0.5, 0.6) is 5.75 Å². The number of nitrogen functional groups attached to an aromatic ring is 1. The van der Waals surface area contributed by atoms with Crippen molar-refractivity contribution in [1.82, 2.24) is 0 Å². The smallest absolute Gasteiger partial charge is 0.300 e. The lowest BCUT2D eigenvalue weighted by Crippen LogP contribution is -2.05. The lowest BCUT2D eigenvalue weighted by molar-refractivity contribution is -0.134. The van der Waals surface area contributed by atoms with Gasteiger partial charge >= 0.3 is 0 Å². The first-order chi connectivity index (χ1) is 7.52. The molecule has 1 aromatic carbocycles. The van der Waals surface area contributed by atoms with Gasteiger partial charge in [0.2, 0.25) is 0 Å². The van der Waals surface area contributed by atoms with E-state index in [-0.39, 0.29) is 0 Å². The summed E-state index contributed by atoms with van der Waals surface area (Å²) in [7, 11) is 1.62. The number of methoxy groups -OCH3 is 1. The molecule has 0 heterocycles. The van der Waals surface area contributed by atoms with Crippen molar-refractivity contribution in [2.24, 2.45) is 5.73 Å². The van der Waals surface area contributed by atoms with Crippen LogP contribution < -0.4 is 16.2 Å². The molecule has 5 N–H and O–H groups in total. The second-order valence-electron chi connectivity index (χ2n) is 3.10. The third-order valence-electron chi connectivity index (χ3n) is 1.74. The Labute approximate surface area is 95.0 Å². The monoisotopic (exact) mass is 226 g/mol. The molecule has 0 bridgehead atoms. The summed E-state index contributed by atoms with van der Waals surface area (Å²) in [6.07, 6.45) is 0.800. The largest absolute Gasteiger partial charge is 0.494 e. The number of hydrogen-bond donors (Lipinski definition) is 3. The number of rotatable bonds is 3. The van der Waals surface area contributed by atoms with Gasteiger partial charge in [0.05, 0.1) is 12.8 Å². The minimum absolute atomic E-state index is 0.611. The molecule has 1 rings (SSSR count). The summed E-state index contributed by atoms with van der Waals surface area (Å²) in [5.74, 6) is -0.0806. The molecule has 1 aromatic rings. The molecule has 0 saturated heterocycles. The summed E-state index contributed by atoms with van der Waals surface area (Å²) in [5, 5.41) is 7.42. The summed E-state index contributed by atoms with van der Waals surface area (Å²) in [5.41, 5.74) is 12.9. The zero-order valence-electron chi connectivity index (χ0n) is 9.56. The van der Waals surface area contributed by atoms with Crippen LogP contribution in [0.4, 0.5) is 5.69 Å². The first-order valence-electron chi connectivity index (χ1n) is 4.83. The average molecular weight is 226 g/mol. The number of aliphatic carboxylic acids is 1. The minimum Gasteiger partial charge on any atom is -0.494 e. The van der Waals surface area contributed by atoms with E-state index in [0.29, 0.717) is 12.2 Å². The molecule has 0 radical (unpaired) electrons. The summed E-state index contributed by atoms with van der Waals surface area (Å²) >= 11 is 0. The van der Waals surface area contributed by atoms with Gasteiger partial charge in [0.15, 0.2) is 0 Å². The lowest BCUT2D eigenvalue weighted by Gasteiger charge is -2.09. The molecule has 0 aromatic heterocycles. The Hall–Kier alpha value is -1.75. The van der Waals surface area contributed by atoms with Gasteiger partial charge in [0.25, 0.3) is 5.97 Å². The predicted octanol–water partition coefficient (Wildman–Crippen LogP) is 0.870. The van der Waals surface area contributed by atoms with E-state index in [1.54, 1.807) is 7.11 Å². The number of hydrogen-bond acceptors (Lipinski definition) is 4. The fraction of sp³-hybridized carbons (Fsp3) is 0.364. The van der Waals surface area contributed by atoms with Crippen molar-refractivity contribution in [2.45, 2.75) is 13.3 Å². The van der Waals surface area contributed by atoms with Gasteiger partial charge in [-0.25, -0.2) is 0 Å². The van der Waals surface area contributed by atoms with E-state index in [0.717, 1.165) is 24.7 Å². The second-order valence-corrected chi connectivity index (χ2v) is 3.10. The molecule has 0 aliphatic carbocycles. The Kier molecular flexibility index (Phi) is 6.71. The van der Waals surface area contributed by atoms with Crippen molar-refractivity contribution < 1.29 is 14.6 Å². The van der Waals surface area contributed by atoms with Crippen molar-refractivity contribution in [3.63, 3.8) is 0 Å². The number of carbonyl (C=O) groups is 1. The first-order valence-corrected chi connectivity index (χ1v) is 4.83. The standard InChI is InChI=1S/C9H14N2O.C2H4O2/c1-12-9-7(5-6-10)3-2-4-8(9)11;1-2(3)4/h2-4H,5-6,10-11H2,1H3;1H3,(H,3,4). The number of ether oxygens (including phenoxy) is 1. The van der Waals surface area contributed by atoms with Crippen LogP contribution in [0.3, 0.4) is 0 Å². The summed E-state index contributed by atoms with van der Waals surface area (Å²) in [4.78, 5) is 9.00. The highest BCUT2D eigenvalue weighted by molar-refractivity contribution is 5.63. The van der Waals surface area contributed by atoms with E-state index in [9.17, 15) is 0 Å². The molecule has 0 unspecified atom stereocenters. The van der Waals surface area contributed by atoms with E-state index in [1.807, 2.05) is 18.2 Å². The molecule has 0 aliphatic heterocycles. The van der Waals surface area contributed by atoms with Gasteiger partial charge in [0.1, 0.15) is 5.75 Å². The summed E-state index contributed by atoms with van der Waals surface area (Å²) in [6, 6.07) is 5.70. The SMILES string of the molecule is CC(=O)O.COc1c(N)cccc1CCN. The normalized spacial score (nSPS) is 8.94. The van der Waals surface area contributed by atoms with Crippen molar-refractivity contribution in [3.05, 3.63) is 23.8 Å². The van der Waals surface area contributed by atoms with Gasteiger partial charge in [-0.2, -0.15) is 0 Å². The van der Waals surface area contributed by atoms with Crippen LogP contribution in [-0.2, 0) is 11.2 Å². The van der Waals surface area contributed by atoms with E-state index in [4.69, 9.17) is 26.1 Å². The third kappa shape index (κ3) is 5.21. The number of carboxylic acids is 1. The number of para-hydroxylation sites is 1. The fourth-order valence-corrected chi connectivity index (χ4v) is 1.21. The van der Waals surface area contributed by atoms with E-state index >= 15 is 0 Å². The van der Waals surface area contributed by atoms with Crippen LogP contribution in [-0.4, -0.2) is 24.7 Å². The molecule has 0 atom stereocenters. The molecule has 0 saturated carbocycles. The van der Waals surface area contributed by atoms with Crippen molar-refractivity contribution in [2.75, 3.05) is 19.4 Å². The van der Waals surface area contributed by atoms with Crippen LogP contribution in [0.15, 0.2) is 18.2 Å². The van der Waals surface area contributed by atoms with Crippen molar-refractivity contribution in [1.29, 1.82) is 0 Å². The number of nitrogens with two attached hydrogens (primary N) is 2. The molecule has 90 valence electrons. The van der Waals surface area contributed by atoms with Crippen LogP contribution >= 0.6 is 0 Å². The van der Waals surface area contributed by atoms with Crippen LogP contribution in [0.1, 0.15) is 12.5 Å². The molecule has 0 fully saturated rings. The maximum atomic E-state index is 9.00. The zero-order chi connectivity index (χ0) is 12.6. The topological polar surface area (TPSA) is 98.6 Å². The Balaban J connectivity index is 0.000000487. The Morgan fingerprint density at radius 3 is 2.50 bits per heavy atom. The molecule has 16 heavy (non-hydrogen) atoms. The summed E-state index contributed by atoms with van der Waals surface area (Å²) in [6.45, 7) is 1.69. The van der Waals surface area contributed by atoms with Gasteiger partial charge in [-0.3, -0.25) is 4.79 Å². The van der Waals surface area contributed by atoms with Gasteiger partial charge < -0.3 is 21.3 Å². The number of anilines is 1. The van der Waals surface area contributed by atoms with Gasteiger partial charge in [-0.05, 0) is 24.6 Å². The first kappa shape index (κ1) is 14.2. The average Bonchev–Trinajstić information content (AvgIpc) is 2.17. The zero-order valence-corrected chi connectivity index (χ0v) is 9.56. The molecular formula is C11H18N2O3. The molecule has 0 spiro atoms. The van der Waals surface area contributed by atoms with Crippen molar-refractivity contribution >= 4 is 11.7 Å². The maximum Gasteiger partial charge on any atom is 0.300 e. The quantitative estimate of drug-likeness (QED) is 0.664. The third-order valence-corrected chi connectivity index (χ3v) is 1.74. The fourth-order valence-electron chi connectivity index (χ4n) is 1.21. The molecule has 5 nitrogen and oxygen atoms in total. The van der Waals surface area contributed by atoms with Crippen LogP contribution in [0.25, 0.3) is 0 Å². The highest BCUT2D eigenvalue weighted by atomic mass is 16.5. The van der Waals surface area contributed by atoms with E-state index < -0.39 is 5.97 Å². The Bertz CT molecular complexity index is 336. The Morgan fingerprint density at radius 2 is 2.06 bits per heavy atom. The Morgan fingerprint density at radius 1 is 1.50 bits per heavy atom. The highest BCUT2D eigenvalue weighted by Gasteiger charge is 2.04. The number of carboxylic acid groups (broad SMARTS) is 1. The maximum absolute atomic E-state index is 9.00. The molecular weight excluding hydrogens is 208 g/mol. The number of benzene rings is 1. The van der Waals surface area contributed by atoms with E-state index in [2.05, 4.69) is 0 Å². The molecule has 0 amide bonds. The van der Waals surface area contributed by atoms with Crippen LogP contribution in [0, 0.1) is 0 Å². The summed E-state index contributed by atoms with van der Waals surface area (Å²) < 4.78 is 5.15. The van der Waals surface area contributed by atoms with E-state index in [1.165, 1.54) is 0 Å². The second kappa shape index (κ2) is 7.53. The van der Waals surface area contributed by atoms with Gasteiger partial charge in [-0.1, -0.05) is 12.1 Å². The van der Waals surface area contributed by atoms with Gasteiger partial charge in [-0.15, -0.1) is 0 Å². The van der Waals surface area contributed by atoms with Gasteiger partial charge in [0, 0.05) is 6.92 Å². The van der Waals surface area contributed by atoms with Crippen LogP contribution in [0.2, 0.25) is 0 Å².